The van der Waals surface area contributed by atoms with Crippen molar-refractivity contribution in [2.45, 2.75) is 119 Å². The molecule has 42 heavy (non-hydrogen) atoms. The van der Waals surface area contributed by atoms with Gasteiger partial charge in [0.1, 0.15) is 30.5 Å². The molecule has 0 radical (unpaired) electrons. The zero-order valence-electron chi connectivity index (χ0n) is 26.8. The minimum absolute atomic E-state index is 0.00661. The van der Waals surface area contributed by atoms with E-state index < -0.39 is 48.7 Å². The van der Waals surface area contributed by atoms with Gasteiger partial charge in [0.05, 0.1) is 6.42 Å². The van der Waals surface area contributed by atoms with E-state index in [4.69, 9.17) is 34.2 Å². The zero-order chi connectivity index (χ0) is 32.4. The Morgan fingerprint density at radius 3 is 1.64 bits per heavy atom. The quantitative estimate of drug-likeness (QED) is 0.163. The molecular weight excluding hydrogens is 546 g/mol. The smallest absolute Gasteiger partial charge is 0.459 e. The molecule has 0 heterocycles. The number of hydrogen-bond acceptors (Lipinski definition) is 11. The van der Waals surface area contributed by atoms with E-state index in [0.29, 0.717) is 5.56 Å². The summed E-state index contributed by atoms with van der Waals surface area (Å²) in [5.41, 5.74) is 6.37. The van der Waals surface area contributed by atoms with Gasteiger partial charge in [-0.15, -0.1) is 0 Å². The molecule has 1 rings (SSSR count). The van der Waals surface area contributed by atoms with Crippen molar-refractivity contribution in [1.29, 1.82) is 0 Å². The van der Waals surface area contributed by atoms with Gasteiger partial charge in [0.15, 0.2) is 11.5 Å². The van der Waals surface area contributed by atoms with Crippen LogP contribution < -0.4 is 15.2 Å². The van der Waals surface area contributed by atoms with Gasteiger partial charge in [0.25, 0.3) is 0 Å². The highest BCUT2D eigenvalue weighted by Crippen LogP contribution is 2.30. The molecule has 11 heteroatoms. The van der Waals surface area contributed by atoms with Gasteiger partial charge in [0.2, 0.25) is 0 Å². The highest BCUT2D eigenvalue weighted by Gasteiger charge is 2.27. The Balaban J connectivity index is 3.00. The average Bonchev–Trinajstić information content (AvgIpc) is 2.83. The van der Waals surface area contributed by atoms with Crippen molar-refractivity contribution in [2.24, 2.45) is 23.0 Å². The fourth-order valence-electron chi connectivity index (χ4n) is 3.13. The Labute approximate surface area is 249 Å². The summed E-state index contributed by atoms with van der Waals surface area (Å²) in [5, 5.41) is 0. The lowest BCUT2D eigenvalue weighted by molar-refractivity contribution is -0.167. The summed E-state index contributed by atoms with van der Waals surface area (Å²) >= 11 is 0. The van der Waals surface area contributed by atoms with Crippen molar-refractivity contribution in [3.05, 3.63) is 23.8 Å². The van der Waals surface area contributed by atoms with Crippen LogP contribution in [-0.4, -0.2) is 54.7 Å². The molecule has 1 aromatic rings. The Kier molecular flexibility index (Phi) is 14.3. The van der Waals surface area contributed by atoms with Crippen LogP contribution in [0, 0.1) is 17.3 Å². The van der Waals surface area contributed by atoms with Crippen molar-refractivity contribution in [3.8, 4) is 11.5 Å². The highest BCUT2D eigenvalue weighted by molar-refractivity contribution is 5.76. The van der Waals surface area contributed by atoms with E-state index in [2.05, 4.69) is 0 Å². The summed E-state index contributed by atoms with van der Waals surface area (Å²) in [6, 6.07) is 3.30. The molecule has 0 saturated carbocycles. The predicted octanol–water partition coefficient (Wildman–Crippen LogP) is 5.98. The number of esters is 2. The van der Waals surface area contributed by atoms with E-state index in [1.807, 2.05) is 48.5 Å². The van der Waals surface area contributed by atoms with Crippen molar-refractivity contribution in [3.63, 3.8) is 0 Å². The Bertz CT molecular complexity index is 1060. The van der Waals surface area contributed by atoms with Gasteiger partial charge in [-0.3, -0.25) is 9.59 Å². The van der Waals surface area contributed by atoms with Gasteiger partial charge in [-0.1, -0.05) is 54.5 Å². The molecule has 0 amide bonds. The standard InChI is InChI=1S/C31H49NO10/c1-17(2)19(5)39-29(35)41-25-13-12-23(15-26(25)42-30(36)40-20(6)18(3)4)14-24(32)28(34)38-22(8)21(7)37-27(33)16-31(9,10)11/h12-13,15,17-22,24H,14,16,32H2,1-11H3/t19?,20?,21-,22-,24-/m0/s1. The van der Waals surface area contributed by atoms with E-state index >= 15 is 0 Å². The van der Waals surface area contributed by atoms with Crippen LogP contribution in [0.15, 0.2) is 18.2 Å². The fraction of sp³-hybridized carbons (Fsp3) is 0.677. The van der Waals surface area contributed by atoms with Crippen LogP contribution in [0.3, 0.4) is 0 Å². The molecule has 0 fully saturated rings. The summed E-state index contributed by atoms with van der Waals surface area (Å²) in [5.74, 6) is -1.18. The topological polar surface area (TPSA) is 150 Å². The third-order valence-electron chi connectivity index (χ3n) is 6.55. The van der Waals surface area contributed by atoms with Crippen LogP contribution in [0.4, 0.5) is 9.59 Å². The molecule has 0 aliphatic rings. The second-order valence-electron chi connectivity index (χ2n) is 12.5. The Hall–Kier alpha value is -3.34. The SMILES string of the molecule is CC(C)C(C)OC(=O)Oc1ccc(C[C@H](N)C(=O)O[C@@H](C)[C@H](C)OC(=O)CC(C)(C)C)cc1OC(=O)OC(C)C(C)C. The summed E-state index contributed by atoms with van der Waals surface area (Å²) in [6.07, 6.45) is -3.98. The van der Waals surface area contributed by atoms with Gasteiger partial charge in [-0.05, 0) is 69.1 Å². The molecule has 0 spiro atoms. The van der Waals surface area contributed by atoms with Crippen LogP contribution >= 0.6 is 0 Å². The average molecular weight is 596 g/mol. The molecule has 0 aliphatic carbocycles. The van der Waals surface area contributed by atoms with Crippen molar-refractivity contribution >= 4 is 24.2 Å². The molecular formula is C31H49NO10. The molecule has 11 nitrogen and oxygen atoms in total. The van der Waals surface area contributed by atoms with Crippen molar-refractivity contribution < 1.29 is 47.6 Å². The van der Waals surface area contributed by atoms with Crippen LogP contribution in [0.1, 0.15) is 88.1 Å². The van der Waals surface area contributed by atoms with Gasteiger partial charge in [-0.25, -0.2) is 9.59 Å². The summed E-state index contributed by atoms with van der Waals surface area (Å²) in [4.78, 5) is 49.7. The summed E-state index contributed by atoms with van der Waals surface area (Å²) in [6.45, 7) is 20.0. The van der Waals surface area contributed by atoms with Crippen LogP contribution in [0.2, 0.25) is 0 Å². The molecule has 0 saturated heterocycles. The van der Waals surface area contributed by atoms with E-state index in [-0.39, 0.29) is 47.6 Å². The third kappa shape index (κ3) is 13.5. The number of carbonyl (C=O) groups excluding carboxylic acids is 4. The van der Waals surface area contributed by atoms with Gasteiger partial charge in [0, 0.05) is 0 Å². The second kappa shape index (κ2) is 16.3. The highest BCUT2D eigenvalue weighted by atomic mass is 16.8. The van der Waals surface area contributed by atoms with E-state index in [1.165, 1.54) is 12.1 Å². The lowest BCUT2D eigenvalue weighted by Gasteiger charge is -2.24. The monoisotopic (exact) mass is 595 g/mol. The maximum atomic E-state index is 12.7. The molecule has 2 N–H and O–H groups in total. The molecule has 0 aromatic heterocycles. The van der Waals surface area contributed by atoms with Gasteiger partial charge in [-0.2, -0.15) is 0 Å². The maximum Gasteiger partial charge on any atom is 0.514 e. The predicted molar refractivity (Wildman–Crippen MR) is 156 cm³/mol. The number of ether oxygens (including phenoxy) is 6. The first-order valence-electron chi connectivity index (χ1n) is 14.3. The molecule has 238 valence electrons. The minimum Gasteiger partial charge on any atom is -0.459 e. The van der Waals surface area contributed by atoms with E-state index in [0.717, 1.165) is 0 Å². The van der Waals surface area contributed by atoms with E-state index in [1.54, 1.807) is 33.8 Å². The van der Waals surface area contributed by atoms with Crippen LogP contribution in [0.5, 0.6) is 11.5 Å². The lowest BCUT2D eigenvalue weighted by atomic mass is 9.92. The minimum atomic E-state index is -1.09. The Morgan fingerprint density at radius 2 is 1.17 bits per heavy atom. The molecule has 1 aromatic carbocycles. The Morgan fingerprint density at radius 1 is 0.690 bits per heavy atom. The first kappa shape index (κ1) is 36.7. The number of benzene rings is 1. The van der Waals surface area contributed by atoms with E-state index in [9.17, 15) is 19.2 Å². The normalized spacial score (nSPS) is 15.2. The first-order chi connectivity index (χ1) is 19.3. The number of hydrogen-bond donors (Lipinski definition) is 1. The molecule has 0 aliphatic heterocycles. The zero-order valence-corrected chi connectivity index (χ0v) is 26.8. The molecule has 2 unspecified atom stereocenters. The largest absolute Gasteiger partial charge is 0.514 e. The first-order valence-corrected chi connectivity index (χ1v) is 14.3. The number of nitrogens with two attached hydrogens (primary N) is 1. The van der Waals surface area contributed by atoms with Crippen LogP contribution in [0.25, 0.3) is 0 Å². The number of carbonyl (C=O) groups is 4. The van der Waals surface area contributed by atoms with Crippen LogP contribution in [-0.2, 0) is 35.0 Å². The number of rotatable bonds is 13. The molecule has 5 atom stereocenters. The third-order valence-corrected chi connectivity index (χ3v) is 6.55. The fourth-order valence-corrected chi connectivity index (χ4v) is 3.13. The summed E-state index contributed by atoms with van der Waals surface area (Å²) < 4.78 is 32.1. The molecule has 0 bridgehead atoms. The maximum absolute atomic E-state index is 12.7. The summed E-state index contributed by atoms with van der Waals surface area (Å²) in [7, 11) is 0. The van der Waals surface area contributed by atoms with Crippen molar-refractivity contribution in [2.75, 3.05) is 0 Å². The van der Waals surface area contributed by atoms with Gasteiger partial charge < -0.3 is 34.2 Å². The lowest BCUT2D eigenvalue weighted by Crippen LogP contribution is -2.39. The van der Waals surface area contributed by atoms with Crippen molar-refractivity contribution in [1.82, 2.24) is 0 Å². The van der Waals surface area contributed by atoms with Gasteiger partial charge >= 0.3 is 24.2 Å². The second-order valence-corrected chi connectivity index (χ2v) is 12.5.